The van der Waals surface area contributed by atoms with Crippen molar-refractivity contribution in [3.05, 3.63) is 54.0 Å². The number of ether oxygens (including phenoxy) is 2. The van der Waals surface area contributed by atoms with Crippen LogP contribution in [-0.4, -0.2) is 58.1 Å². The first kappa shape index (κ1) is 22.0. The fraction of sp³-hybridized carbons (Fsp3) is 0.400. The quantitative estimate of drug-likeness (QED) is 0.593. The minimum Gasteiger partial charge on any atom is -0.467 e. The maximum absolute atomic E-state index is 12.3. The number of amides is 1. The standard InChI is InChI=1S/C20H24N2O7S/c1-22(13-17-5-3-11-28-17)19(23)14-29-20(24)15-6-8-18(9-7-15)30(25,26)21-12-16-4-2-10-27-16/h3,5-9,11,16,21H,2,4,10,12-14H2,1H3. The number of likely N-dealkylation sites (N-methyl/N-ethyl adjacent to an activating group) is 1. The van der Waals surface area contributed by atoms with E-state index in [1.165, 1.54) is 35.4 Å². The Hall–Kier alpha value is -2.69. The van der Waals surface area contributed by atoms with Gasteiger partial charge in [-0.15, -0.1) is 0 Å². The number of hydrogen-bond donors (Lipinski definition) is 1. The van der Waals surface area contributed by atoms with Gasteiger partial charge in [-0.3, -0.25) is 4.79 Å². The molecule has 0 spiro atoms. The van der Waals surface area contributed by atoms with Gasteiger partial charge in [-0.05, 0) is 49.2 Å². The molecule has 162 valence electrons. The number of furan rings is 1. The van der Waals surface area contributed by atoms with E-state index in [2.05, 4.69) is 4.72 Å². The summed E-state index contributed by atoms with van der Waals surface area (Å²) in [5.74, 6) is -0.495. The molecule has 0 radical (unpaired) electrons. The average Bonchev–Trinajstić information content (AvgIpc) is 3.44. The zero-order chi connectivity index (χ0) is 21.6. The van der Waals surface area contributed by atoms with Crippen molar-refractivity contribution in [2.45, 2.75) is 30.4 Å². The molecule has 1 aliphatic heterocycles. The monoisotopic (exact) mass is 436 g/mol. The Morgan fingerprint density at radius 2 is 2.00 bits per heavy atom. The third-order valence-electron chi connectivity index (χ3n) is 4.65. The SMILES string of the molecule is CN(Cc1ccco1)C(=O)COC(=O)c1ccc(S(=O)(=O)NCC2CCCO2)cc1. The number of esters is 1. The molecule has 2 aromatic rings. The number of sulfonamides is 1. The summed E-state index contributed by atoms with van der Waals surface area (Å²) >= 11 is 0. The highest BCUT2D eigenvalue weighted by molar-refractivity contribution is 7.89. The summed E-state index contributed by atoms with van der Waals surface area (Å²) in [5.41, 5.74) is 0.148. The lowest BCUT2D eigenvalue weighted by molar-refractivity contribution is -0.133. The van der Waals surface area contributed by atoms with Crippen molar-refractivity contribution in [1.29, 1.82) is 0 Å². The molecule has 0 bridgehead atoms. The van der Waals surface area contributed by atoms with E-state index < -0.39 is 28.5 Å². The zero-order valence-electron chi connectivity index (χ0n) is 16.6. The molecule has 1 fully saturated rings. The van der Waals surface area contributed by atoms with Gasteiger partial charge in [0.1, 0.15) is 5.76 Å². The maximum Gasteiger partial charge on any atom is 0.338 e. The Balaban J connectivity index is 1.49. The third kappa shape index (κ3) is 5.91. The summed E-state index contributed by atoms with van der Waals surface area (Å²) in [4.78, 5) is 25.6. The number of carbonyl (C=O) groups excluding carboxylic acids is 2. The van der Waals surface area contributed by atoms with Gasteiger partial charge in [0.25, 0.3) is 5.91 Å². The summed E-state index contributed by atoms with van der Waals surface area (Å²) in [6.07, 6.45) is 3.14. The van der Waals surface area contributed by atoms with E-state index in [1.807, 2.05) is 0 Å². The van der Waals surface area contributed by atoms with Crippen molar-refractivity contribution in [1.82, 2.24) is 9.62 Å². The first-order valence-corrected chi connectivity index (χ1v) is 11.0. The highest BCUT2D eigenvalue weighted by Crippen LogP contribution is 2.14. The second-order valence-electron chi connectivity index (χ2n) is 6.92. The highest BCUT2D eigenvalue weighted by Gasteiger charge is 2.21. The molecule has 3 rings (SSSR count). The number of carbonyl (C=O) groups is 2. The Labute approximate surface area is 175 Å². The van der Waals surface area contributed by atoms with Crippen LogP contribution in [-0.2, 0) is 30.8 Å². The molecule has 0 saturated carbocycles. The summed E-state index contributed by atoms with van der Waals surface area (Å²) in [5, 5.41) is 0. The Bertz CT molecular complexity index is 950. The fourth-order valence-corrected chi connectivity index (χ4v) is 3.97. The second-order valence-corrected chi connectivity index (χ2v) is 8.68. The molecule has 1 unspecified atom stereocenters. The lowest BCUT2D eigenvalue weighted by Gasteiger charge is -2.15. The molecule has 1 aromatic carbocycles. The van der Waals surface area contributed by atoms with Gasteiger partial charge in [0.05, 0.1) is 29.4 Å². The molecule has 1 saturated heterocycles. The minimum atomic E-state index is -3.70. The van der Waals surface area contributed by atoms with Crippen LogP contribution in [0.4, 0.5) is 0 Å². The third-order valence-corrected chi connectivity index (χ3v) is 6.09. The van der Waals surface area contributed by atoms with Crippen LogP contribution in [0.15, 0.2) is 52.0 Å². The number of nitrogens with one attached hydrogen (secondary N) is 1. The molecular formula is C20H24N2O7S. The van der Waals surface area contributed by atoms with Gasteiger partial charge in [0, 0.05) is 20.2 Å². The first-order chi connectivity index (χ1) is 14.3. The van der Waals surface area contributed by atoms with Crippen molar-refractivity contribution in [3.8, 4) is 0 Å². The molecule has 10 heteroatoms. The topological polar surface area (TPSA) is 115 Å². The van der Waals surface area contributed by atoms with Crippen molar-refractivity contribution in [2.75, 3.05) is 26.8 Å². The van der Waals surface area contributed by atoms with Crippen molar-refractivity contribution >= 4 is 21.9 Å². The van der Waals surface area contributed by atoms with Gasteiger partial charge in [0.15, 0.2) is 6.61 Å². The molecule has 1 atom stereocenters. The molecule has 9 nitrogen and oxygen atoms in total. The van der Waals surface area contributed by atoms with Gasteiger partial charge in [-0.1, -0.05) is 0 Å². The van der Waals surface area contributed by atoms with Gasteiger partial charge >= 0.3 is 5.97 Å². The van der Waals surface area contributed by atoms with Crippen molar-refractivity contribution < 1.29 is 31.9 Å². The molecule has 1 aliphatic rings. The average molecular weight is 436 g/mol. The largest absolute Gasteiger partial charge is 0.467 e. The van der Waals surface area contributed by atoms with Gasteiger partial charge in [-0.2, -0.15) is 0 Å². The van der Waals surface area contributed by atoms with Crippen LogP contribution in [0.2, 0.25) is 0 Å². The molecule has 1 aromatic heterocycles. The number of nitrogens with zero attached hydrogens (tertiary/aromatic N) is 1. The predicted molar refractivity (Wildman–Crippen MR) is 106 cm³/mol. The van der Waals surface area contributed by atoms with E-state index in [0.29, 0.717) is 12.4 Å². The van der Waals surface area contributed by atoms with Crippen LogP contribution in [0.5, 0.6) is 0 Å². The highest BCUT2D eigenvalue weighted by atomic mass is 32.2. The lowest BCUT2D eigenvalue weighted by Crippen LogP contribution is -2.32. The van der Waals surface area contributed by atoms with Crippen LogP contribution >= 0.6 is 0 Å². The summed E-state index contributed by atoms with van der Waals surface area (Å²) in [6, 6.07) is 8.79. The van der Waals surface area contributed by atoms with Crippen LogP contribution < -0.4 is 4.72 Å². The van der Waals surface area contributed by atoms with E-state index in [9.17, 15) is 18.0 Å². The first-order valence-electron chi connectivity index (χ1n) is 9.50. The van der Waals surface area contributed by atoms with Gasteiger partial charge in [0.2, 0.25) is 10.0 Å². The van der Waals surface area contributed by atoms with Crippen LogP contribution in [0.3, 0.4) is 0 Å². The molecule has 0 aliphatic carbocycles. The van der Waals surface area contributed by atoms with E-state index in [-0.39, 0.29) is 29.7 Å². The Morgan fingerprint density at radius 3 is 2.63 bits per heavy atom. The molecule has 2 heterocycles. The van der Waals surface area contributed by atoms with E-state index in [0.717, 1.165) is 12.8 Å². The fourth-order valence-electron chi connectivity index (χ4n) is 2.91. The predicted octanol–water partition coefficient (Wildman–Crippen LogP) is 1.55. The Kier molecular flexibility index (Phi) is 7.24. The van der Waals surface area contributed by atoms with E-state index >= 15 is 0 Å². The summed E-state index contributed by atoms with van der Waals surface area (Å²) in [7, 11) is -2.13. The van der Waals surface area contributed by atoms with E-state index in [4.69, 9.17) is 13.9 Å². The number of benzene rings is 1. The van der Waals surface area contributed by atoms with Crippen LogP contribution in [0.25, 0.3) is 0 Å². The van der Waals surface area contributed by atoms with Crippen LogP contribution in [0.1, 0.15) is 29.0 Å². The van der Waals surface area contributed by atoms with Gasteiger partial charge < -0.3 is 18.8 Å². The summed E-state index contributed by atoms with van der Waals surface area (Å²) in [6.45, 7) is 0.679. The molecule has 30 heavy (non-hydrogen) atoms. The minimum absolute atomic E-state index is 0.0336. The van der Waals surface area contributed by atoms with E-state index in [1.54, 1.807) is 19.2 Å². The normalized spacial score (nSPS) is 16.4. The number of rotatable bonds is 9. The smallest absolute Gasteiger partial charge is 0.338 e. The molecule has 1 N–H and O–H groups in total. The zero-order valence-corrected chi connectivity index (χ0v) is 17.4. The van der Waals surface area contributed by atoms with Gasteiger partial charge in [-0.25, -0.2) is 17.9 Å². The van der Waals surface area contributed by atoms with Crippen molar-refractivity contribution in [3.63, 3.8) is 0 Å². The molecular weight excluding hydrogens is 412 g/mol. The summed E-state index contributed by atoms with van der Waals surface area (Å²) < 4.78 is 42.8. The van der Waals surface area contributed by atoms with Crippen molar-refractivity contribution in [2.24, 2.45) is 0 Å². The molecule has 1 amide bonds. The number of hydrogen-bond acceptors (Lipinski definition) is 7. The Morgan fingerprint density at radius 1 is 1.23 bits per heavy atom. The maximum atomic E-state index is 12.3. The second kappa shape index (κ2) is 9.88. The lowest BCUT2D eigenvalue weighted by atomic mass is 10.2. The van der Waals surface area contributed by atoms with Crippen LogP contribution in [0, 0.1) is 0 Å².